The molecule has 33 heavy (non-hydrogen) atoms. The number of carbonyl (C=O) groups is 1. The number of carbonyl (C=O) groups excluding carboxylic acids is 1. The minimum atomic E-state index is -3.63. The third-order valence-electron chi connectivity index (χ3n) is 6.67. The third kappa shape index (κ3) is 4.99. The summed E-state index contributed by atoms with van der Waals surface area (Å²) < 4.78 is 28.7. The number of anilines is 1. The average Bonchev–Trinajstić information content (AvgIpc) is 2.75. The summed E-state index contributed by atoms with van der Waals surface area (Å²) in [4.78, 5) is 15.1. The van der Waals surface area contributed by atoms with Crippen molar-refractivity contribution in [2.75, 3.05) is 31.5 Å². The molecule has 1 amide bonds. The molecule has 0 bridgehead atoms. The highest BCUT2D eigenvalue weighted by atomic mass is 32.2. The highest BCUT2D eigenvalue weighted by molar-refractivity contribution is 7.89. The average molecular weight is 471 g/mol. The molecule has 1 fully saturated rings. The van der Waals surface area contributed by atoms with Crippen molar-refractivity contribution in [2.45, 2.75) is 57.6 Å². The van der Waals surface area contributed by atoms with Gasteiger partial charge in [0.1, 0.15) is 0 Å². The molecule has 2 aromatic rings. The first kappa shape index (κ1) is 23.9. The molecule has 4 rings (SSSR count). The van der Waals surface area contributed by atoms with Crippen LogP contribution in [0.4, 0.5) is 5.69 Å². The predicted octanol–water partition coefficient (Wildman–Crippen LogP) is 2.67. The smallest absolute Gasteiger partial charge is 0.243 e. The highest BCUT2D eigenvalue weighted by Gasteiger charge is 2.39. The van der Waals surface area contributed by atoms with Gasteiger partial charge in [0.2, 0.25) is 15.9 Å². The van der Waals surface area contributed by atoms with E-state index >= 15 is 0 Å². The molecule has 2 aromatic carbocycles. The van der Waals surface area contributed by atoms with Gasteiger partial charge in [-0.05, 0) is 75.0 Å². The minimum absolute atomic E-state index is 0.0784. The van der Waals surface area contributed by atoms with Crippen LogP contribution in [-0.2, 0) is 27.8 Å². The van der Waals surface area contributed by atoms with E-state index in [2.05, 4.69) is 10.6 Å². The van der Waals surface area contributed by atoms with Crippen LogP contribution in [0.1, 0.15) is 36.1 Å². The SMILES string of the molecule is Cc1cccc(C)c1NC(=O)CN1C[C@@H](C)N(S(=O)(=O)c2ccc3c(c2)CNCC3)[C@@H](C)C1. The van der Waals surface area contributed by atoms with Crippen molar-refractivity contribution in [1.82, 2.24) is 14.5 Å². The normalized spacial score (nSPS) is 22.1. The first-order chi connectivity index (χ1) is 15.7. The Morgan fingerprint density at radius 2 is 1.73 bits per heavy atom. The summed E-state index contributed by atoms with van der Waals surface area (Å²) in [5.74, 6) is -0.0784. The second-order valence-corrected chi connectivity index (χ2v) is 11.2. The van der Waals surface area contributed by atoms with Gasteiger partial charge in [0.25, 0.3) is 0 Å². The topological polar surface area (TPSA) is 81.8 Å². The van der Waals surface area contributed by atoms with Gasteiger partial charge in [-0.2, -0.15) is 4.31 Å². The van der Waals surface area contributed by atoms with E-state index in [1.54, 1.807) is 10.4 Å². The van der Waals surface area contributed by atoms with Gasteiger partial charge < -0.3 is 10.6 Å². The molecule has 2 N–H and O–H groups in total. The van der Waals surface area contributed by atoms with Crippen molar-refractivity contribution in [2.24, 2.45) is 0 Å². The van der Waals surface area contributed by atoms with E-state index in [1.807, 2.05) is 62.9 Å². The number of amides is 1. The molecule has 0 aliphatic carbocycles. The summed E-state index contributed by atoms with van der Waals surface area (Å²) in [5, 5.41) is 6.35. The molecular weight excluding hydrogens is 436 g/mol. The lowest BCUT2D eigenvalue weighted by Gasteiger charge is -2.43. The Bertz CT molecular complexity index is 1120. The monoisotopic (exact) mass is 470 g/mol. The Morgan fingerprint density at radius 3 is 2.39 bits per heavy atom. The van der Waals surface area contributed by atoms with Gasteiger partial charge in [-0.15, -0.1) is 0 Å². The van der Waals surface area contributed by atoms with Gasteiger partial charge >= 0.3 is 0 Å². The second-order valence-electron chi connectivity index (χ2n) is 9.40. The van der Waals surface area contributed by atoms with Crippen LogP contribution in [0, 0.1) is 13.8 Å². The van der Waals surface area contributed by atoms with Gasteiger partial charge in [-0.3, -0.25) is 9.69 Å². The molecule has 0 radical (unpaired) electrons. The van der Waals surface area contributed by atoms with E-state index in [4.69, 9.17) is 0 Å². The molecule has 7 nitrogen and oxygen atoms in total. The van der Waals surface area contributed by atoms with Crippen LogP contribution in [0.3, 0.4) is 0 Å². The van der Waals surface area contributed by atoms with Crippen molar-refractivity contribution in [3.63, 3.8) is 0 Å². The van der Waals surface area contributed by atoms with E-state index in [0.717, 1.165) is 35.3 Å². The fraction of sp³-hybridized carbons (Fsp3) is 0.480. The lowest BCUT2D eigenvalue weighted by molar-refractivity contribution is -0.118. The maximum absolute atomic E-state index is 13.5. The second kappa shape index (κ2) is 9.54. The van der Waals surface area contributed by atoms with E-state index in [9.17, 15) is 13.2 Å². The van der Waals surface area contributed by atoms with Crippen LogP contribution in [0.25, 0.3) is 0 Å². The number of aryl methyl sites for hydroxylation is 2. The summed E-state index contributed by atoms with van der Waals surface area (Å²) in [7, 11) is -3.63. The molecule has 1 saturated heterocycles. The lowest BCUT2D eigenvalue weighted by atomic mass is 10.0. The van der Waals surface area contributed by atoms with Gasteiger partial charge in [-0.1, -0.05) is 24.3 Å². The first-order valence-corrected chi connectivity index (χ1v) is 13.1. The minimum Gasteiger partial charge on any atom is -0.324 e. The number of nitrogens with one attached hydrogen (secondary N) is 2. The van der Waals surface area contributed by atoms with E-state index in [1.165, 1.54) is 5.56 Å². The Kier molecular flexibility index (Phi) is 6.91. The predicted molar refractivity (Wildman–Crippen MR) is 131 cm³/mol. The summed E-state index contributed by atoms with van der Waals surface area (Å²) in [6, 6.07) is 11.0. The number of fused-ring (bicyclic) bond motifs is 1. The summed E-state index contributed by atoms with van der Waals surface area (Å²) in [6.45, 7) is 10.7. The molecule has 2 heterocycles. The zero-order valence-corrected chi connectivity index (χ0v) is 20.7. The zero-order chi connectivity index (χ0) is 23.8. The summed E-state index contributed by atoms with van der Waals surface area (Å²) in [5.41, 5.74) is 5.19. The zero-order valence-electron chi connectivity index (χ0n) is 19.9. The summed E-state index contributed by atoms with van der Waals surface area (Å²) in [6.07, 6.45) is 0.922. The molecule has 0 aromatic heterocycles. The third-order valence-corrected chi connectivity index (χ3v) is 8.79. The number of hydrogen-bond donors (Lipinski definition) is 2. The maximum Gasteiger partial charge on any atom is 0.243 e. The van der Waals surface area contributed by atoms with Crippen LogP contribution in [-0.4, -0.2) is 61.8 Å². The maximum atomic E-state index is 13.5. The lowest BCUT2D eigenvalue weighted by Crippen LogP contribution is -2.59. The molecule has 8 heteroatoms. The van der Waals surface area contributed by atoms with Crippen molar-refractivity contribution in [3.8, 4) is 0 Å². The fourth-order valence-corrected chi connectivity index (χ4v) is 7.01. The molecule has 0 spiro atoms. The van der Waals surface area contributed by atoms with Crippen molar-refractivity contribution in [1.29, 1.82) is 0 Å². The number of benzene rings is 2. The number of para-hydroxylation sites is 1. The van der Waals surface area contributed by atoms with Crippen molar-refractivity contribution in [3.05, 3.63) is 58.7 Å². The van der Waals surface area contributed by atoms with E-state index < -0.39 is 10.0 Å². The van der Waals surface area contributed by atoms with Gasteiger partial charge in [0.15, 0.2) is 0 Å². The molecular formula is C25H34N4O3S. The standard InChI is InChI=1S/C25H34N4O3S/c1-17-6-5-7-18(2)25(17)27-24(30)16-28-14-19(3)29(20(4)15-28)33(31,32)23-9-8-21-10-11-26-13-22(21)12-23/h5-9,12,19-20,26H,10-11,13-16H2,1-4H3,(H,27,30)/t19-,20+. The molecule has 2 atom stereocenters. The van der Waals surface area contributed by atoms with E-state index in [-0.39, 0.29) is 24.5 Å². The Labute approximate surface area is 197 Å². The number of sulfonamides is 1. The quantitative estimate of drug-likeness (QED) is 0.702. The molecule has 0 saturated carbocycles. The van der Waals surface area contributed by atoms with Crippen molar-refractivity contribution >= 4 is 21.6 Å². The molecule has 2 aliphatic rings. The largest absolute Gasteiger partial charge is 0.324 e. The van der Waals surface area contributed by atoms with Crippen LogP contribution in [0.5, 0.6) is 0 Å². The Hall–Kier alpha value is -2.26. The summed E-state index contributed by atoms with van der Waals surface area (Å²) >= 11 is 0. The molecule has 2 aliphatic heterocycles. The van der Waals surface area contributed by atoms with Gasteiger partial charge in [-0.25, -0.2) is 8.42 Å². The highest BCUT2D eigenvalue weighted by Crippen LogP contribution is 2.28. The number of hydrogen-bond acceptors (Lipinski definition) is 5. The van der Waals surface area contributed by atoms with Crippen LogP contribution < -0.4 is 10.6 Å². The molecule has 0 unspecified atom stereocenters. The Balaban J connectivity index is 1.45. The molecule has 178 valence electrons. The fourth-order valence-electron chi connectivity index (χ4n) is 5.15. The number of nitrogens with zero attached hydrogens (tertiary/aromatic N) is 2. The number of piperazine rings is 1. The van der Waals surface area contributed by atoms with Gasteiger partial charge in [0, 0.05) is 37.4 Å². The van der Waals surface area contributed by atoms with Crippen LogP contribution in [0.15, 0.2) is 41.3 Å². The Morgan fingerprint density at radius 1 is 1.06 bits per heavy atom. The van der Waals surface area contributed by atoms with Crippen molar-refractivity contribution < 1.29 is 13.2 Å². The number of rotatable bonds is 5. The van der Waals surface area contributed by atoms with Crippen LogP contribution in [0.2, 0.25) is 0 Å². The first-order valence-electron chi connectivity index (χ1n) is 11.6. The van der Waals surface area contributed by atoms with Crippen LogP contribution >= 0.6 is 0 Å². The van der Waals surface area contributed by atoms with E-state index in [0.29, 0.717) is 24.5 Å². The van der Waals surface area contributed by atoms with Gasteiger partial charge in [0.05, 0.1) is 11.4 Å².